The molecule has 0 bridgehead atoms. The normalized spacial score (nSPS) is 31.0. The van der Waals surface area contributed by atoms with E-state index in [4.69, 9.17) is 9.73 Å². The molecule has 1 amide bonds. The lowest BCUT2D eigenvalue weighted by atomic mass is 9.61. The van der Waals surface area contributed by atoms with Gasteiger partial charge in [0.2, 0.25) is 0 Å². The molecule has 5 nitrogen and oxygen atoms in total. The number of hydrogen-bond donors (Lipinski definition) is 0. The van der Waals surface area contributed by atoms with Crippen molar-refractivity contribution in [3.8, 4) is 0 Å². The summed E-state index contributed by atoms with van der Waals surface area (Å²) in [6, 6.07) is 6.95. The zero-order valence-electron chi connectivity index (χ0n) is 19.7. The van der Waals surface area contributed by atoms with Crippen LogP contribution in [0.1, 0.15) is 74.3 Å². The van der Waals surface area contributed by atoms with Crippen molar-refractivity contribution in [1.82, 2.24) is 9.88 Å². The predicted molar refractivity (Wildman–Crippen MR) is 130 cm³/mol. The summed E-state index contributed by atoms with van der Waals surface area (Å²) in [5, 5.41) is 2.03. The van der Waals surface area contributed by atoms with E-state index < -0.39 is 5.54 Å². The molecule has 1 aromatic heterocycles. The van der Waals surface area contributed by atoms with Crippen LogP contribution < -0.4 is 0 Å². The van der Waals surface area contributed by atoms with Gasteiger partial charge in [0.05, 0.1) is 23.9 Å². The van der Waals surface area contributed by atoms with Gasteiger partial charge in [-0.25, -0.2) is 4.98 Å². The lowest BCUT2D eigenvalue weighted by Gasteiger charge is -2.45. The second-order valence-corrected chi connectivity index (χ2v) is 11.3. The van der Waals surface area contributed by atoms with Crippen LogP contribution in [0.15, 0.2) is 34.1 Å². The number of aryl methyl sites for hydroxylation is 1. The molecule has 2 aromatic rings. The number of fused-ring (bicyclic) bond motifs is 3. The molecule has 2 fully saturated rings. The van der Waals surface area contributed by atoms with Gasteiger partial charge in [-0.15, -0.1) is 11.3 Å². The molecule has 33 heavy (non-hydrogen) atoms. The van der Waals surface area contributed by atoms with E-state index in [-0.39, 0.29) is 17.4 Å². The topological polar surface area (TPSA) is 54.8 Å². The predicted octanol–water partition coefficient (Wildman–Crippen LogP) is 5.27. The van der Waals surface area contributed by atoms with Gasteiger partial charge in [0, 0.05) is 17.9 Å². The summed E-state index contributed by atoms with van der Waals surface area (Å²) >= 11 is 1.57. The Morgan fingerprint density at radius 3 is 2.73 bits per heavy atom. The number of benzene rings is 1. The van der Waals surface area contributed by atoms with Gasteiger partial charge < -0.3 is 4.74 Å². The highest BCUT2D eigenvalue weighted by atomic mass is 32.1. The smallest absolute Gasteiger partial charge is 0.261 e. The number of carbonyl (C=O) groups excluding carboxylic acids is 1. The molecule has 0 N–H and O–H groups in total. The summed E-state index contributed by atoms with van der Waals surface area (Å²) < 4.78 is 5.70. The zero-order valence-corrected chi connectivity index (χ0v) is 20.5. The third kappa shape index (κ3) is 3.40. The molecular weight excluding hydrogens is 430 g/mol. The SMILES string of the molecule is COC1CCC2(CC1)Cc1ccc(CCC3CC3)cc1C21N=C(C)N(Cc2cscn2)C1=O. The molecule has 2 saturated carbocycles. The van der Waals surface area contributed by atoms with Crippen LogP contribution in [0.25, 0.3) is 0 Å². The van der Waals surface area contributed by atoms with Gasteiger partial charge in [-0.3, -0.25) is 14.7 Å². The van der Waals surface area contributed by atoms with Crippen LogP contribution in [0.3, 0.4) is 0 Å². The van der Waals surface area contributed by atoms with Gasteiger partial charge in [-0.1, -0.05) is 31.0 Å². The largest absolute Gasteiger partial charge is 0.381 e. The molecule has 3 aliphatic carbocycles. The fourth-order valence-electron chi connectivity index (χ4n) is 6.62. The highest BCUT2D eigenvalue weighted by Gasteiger charge is 2.66. The molecule has 1 aliphatic heterocycles. The quantitative estimate of drug-likeness (QED) is 0.586. The van der Waals surface area contributed by atoms with Crippen LogP contribution in [0.4, 0.5) is 0 Å². The lowest BCUT2D eigenvalue weighted by Crippen LogP contribution is -2.51. The molecular formula is C27H33N3O2S. The maximum absolute atomic E-state index is 14.4. The van der Waals surface area contributed by atoms with Crippen LogP contribution in [-0.2, 0) is 34.5 Å². The van der Waals surface area contributed by atoms with Crippen LogP contribution >= 0.6 is 11.3 Å². The third-order valence-corrected chi connectivity index (χ3v) is 9.34. The first-order chi connectivity index (χ1) is 16.0. The minimum absolute atomic E-state index is 0.155. The first kappa shape index (κ1) is 21.5. The van der Waals surface area contributed by atoms with Crippen LogP contribution in [0.2, 0.25) is 0 Å². The Bertz CT molecular complexity index is 1080. The van der Waals surface area contributed by atoms with Crippen molar-refractivity contribution < 1.29 is 9.53 Å². The second-order valence-electron chi connectivity index (χ2n) is 10.6. The van der Waals surface area contributed by atoms with Crippen LogP contribution in [-0.4, -0.2) is 34.8 Å². The van der Waals surface area contributed by atoms with Gasteiger partial charge in [0.15, 0.2) is 5.54 Å². The van der Waals surface area contributed by atoms with Crippen molar-refractivity contribution >= 4 is 23.1 Å². The van der Waals surface area contributed by atoms with E-state index in [9.17, 15) is 4.79 Å². The molecule has 174 valence electrons. The summed E-state index contributed by atoms with van der Waals surface area (Å²) in [5.74, 6) is 1.89. The molecule has 6 heteroatoms. The standard InChI is InChI=1S/C27H33N3O2S/c1-18-29-27(25(31)30(18)15-22-16-33-17-28-22)24-13-20(6-5-19-3-4-19)7-8-21(24)14-26(27)11-9-23(32-2)10-12-26/h7-8,13,16-17,19,23H,3-6,9-12,14-15H2,1-2H3. The maximum atomic E-state index is 14.4. The molecule has 0 radical (unpaired) electrons. The Kier molecular flexibility index (Phi) is 5.22. The van der Waals surface area contributed by atoms with Crippen LogP contribution in [0.5, 0.6) is 0 Å². The summed E-state index contributed by atoms with van der Waals surface area (Å²) in [7, 11) is 1.81. The summed E-state index contributed by atoms with van der Waals surface area (Å²) in [6.45, 7) is 2.51. The molecule has 1 atom stereocenters. The van der Waals surface area contributed by atoms with E-state index in [1.54, 1.807) is 11.3 Å². The maximum Gasteiger partial charge on any atom is 0.261 e. The van der Waals surface area contributed by atoms with Crippen molar-refractivity contribution in [3.63, 3.8) is 0 Å². The molecule has 2 spiro atoms. The number of thiazole rings is 1. The van der Waals surface area contributed by atoms with E-state index in [1.807, 2.05) is 29.8 Å². The average molecular weight is 464 g/mol. The van der Waals surface area contributed by atoms with Crippen molar-refractivity contribution in [1.29, 1.82) is 0 Å². The summed E-state index contributed by atoms with van der Waals surface area (Å²) in [5.41, 5.74) is 5.68. The Balaban J connectivity index is 1.41. The Morgan fingerprint density at radius 2 is 2.03 bits per heavy atom. The fraction of sp³-hybridized carbons (Fsp3) is 0.593. The van der Waals surface area contributed by atoms with Crippen molar-refractivity contribution in [2.75, 3.05) is 7.11 Å². The Morgan fingerprint density at radius 1 is 1.21 bits per heavy atom. The fourth-order valence-corrected chi connectivity index (χ4v) is 7.17. The Labute approximate surface area is 200 Å². The first-order valence-corrected chi connectivity index (χ1v) is 13.4. The Hall–Kier alpha value is -2.05. The van der Waals surface area contributed by atoms with Gasteiger partial charge in [0.25, 0.3) is 5.91 Å². The lowest BCUT2D eigenvalue weighted by molar-refractivity contribution is -0.138. The van der Waals surface area contributed by atoms with Gasteiger partial charge in [-0.2, -0.15) is 0 Å². The van der Waals surface area contributed by atoms with Gasteiger partial charge >= 0.3 is 0 Å². The van der Waals surface area contributed by atoms with E-state index >= 15 is 0 Å². The molecule has 4 aliphatic rings. The molecule has 1 aromatic carbocycles. The van der Waals surface area contributed by atoms with Gasteiger partial charge in [-0.05, 0) is 74.5 Å². The number of aliphatic imine (C=N–C) groups is 1. The van der Waals surface area contributed by atoms with E-state index in [1.165, 1.54) is 36.0 Å². The zero-order chi connectivity index (χ0) is 22.6. The second kappa shape index (κ2) is 8.02. The molecule has 6 rings (SSSR count). The van der Waals surface area contributed by atoms with E-state index in [0.717, 1.165) is 56.0 Å². The first-order valence-electron chi connectivity index (χ1n) is 12.5. The van der Waals surface area contributed by atoms with Gasteiger partial charge in [0.1, 0.15) is 5.84 Å². The third-order valence-electron chi connectivity index (χ3n) is 8.70. The summed E-state index contributed by atoms with van der Waals surface area (Å²) in [4.78, 5) is 26.0. The highest BCUT2D eigenvalue weighted by Crippen LogP contribution is 2.62. The number of nitrogens with zero attached hydrogens (tertiary/aromatic N) is 3. The molecule has 0 saturated heterocycles. The number of hydrogen-bond acceptors (Lipinski definition) is 5. The summed E-state index contributed by atoms with van der Waals surface area (Å²) in [6.07, 6.45) is 10.3. The van der Waals surface area contributed by atoms with Crippen LogP contribution in [0, 0.1) is 11.3 Å². The number of rotatable bonds is 6. The average Bonchev–Trinajstić information content (AvgIpc) is 3.36. The number of methoxy groups -OCH3 is 1. The number of ether oxygens (including phenoxy) is 1. The molecule has 2 heterocycles. The van der Waals surface area contributed by atoms with Crippen molar-refractivity contribution in [2.24, 2.45) is 16.3 Å². The van der Waals surface area contributed by atoms with Crippen molar-refractivity contribution in [3.05, 3.63) is 51.5 Å². The number of amides is 1. The monoisotopic (exact) mass is 463 g/mol. The van der Waals surface area contributed by atoms with E-state index in [2.05, 4.69) is 23.2 Å². The van der Waals surface area contributed by atoms with Crippen molar-refractivity contribution in [2.45, 2.75) is 82.9 Å². The van der Waals surface area contributed by atoms with E-state index in [0.29, 0.717) is 6.54 Å². The minimum atomic E-state index is -0.795. The number of amidine groups is 1. The number of carbonyl (C=O) groups is 1. The molecule has 1 unspecified atom stereocenters. The highest BCUT2D eigenvalue weighted by molar-refractivity contribution is 7.07. The minimum Gasteiger partial charge on any atom is -0.381 e. The number of aromatic nitrogens is 1.